The van der Waals surface area contributed by atoms with Crippen LogP contribution in [0.25, 0.3) is 0 Å². The molecule has 0 unspecified atom stereocenters. The summed E-state index contributed by atoms with van der Waals surface area (Å²) in [4.78, 5) is 33.9. The number of rotatable bonds is 5. The van der Waals surface area contributed by atoms with Crippen molar-refractivity contribution < 1.29 is 24.4 Å². The van der Waals surface area contributed by atoms with E-state index in [4.69, 9.17) is 4.74 Å². The number of para-hydroxylation sites is 2. The Bertz CT molecular complexity index is 808. The molecule has 0 aliphatic rings. The Kier molecular flexibility index (Phi) is 5.48. The third-order valence-electron chi connectivity index (χ3n) is 2.89. The number of nitrogens with one attached hydrogen (secondary N) is 1. The Hall–Kier alpha value is -2.94. The van der Waals surface area contributed by atoms with Gasteiger partial charge in [0.05, 0.1) is 4.92 Å². The number of carbonyl (C=O) groups excluding carboxylic acids is 2. The van der Waals surface area contributed by atoms with Gasteiger partial charge in [-0.05, 0) is 24.3 Å². The van der Waals surface area contributed by atoms with E-state index in [0.29, 0.717) is 4.47 Å². The lowest BCUT2D eigenvalue weighted by Gasteiger charge is -2.08. The zero-order valence-corrected chi connectivity index (χ0v) is 13.6. The van der Waals surface area contributed by atoms with E-state index in [9.17, 15) is 24.8 Å². The Morgan fingerprint density at radius 1 is 1.25 bits per heavy atom. The van der Waals surface area contributed by atoms with Gasteiger partial charge < -0.3 is 15.2 Å². The summed E-state index contributed by atoms with van der Waals surface area (Å²) in [5, 5.41) is 22.8. The maximum atomic E-state index is 11.9. The summed E-state index contributed by atoms with van der Waals surface area (Å²) in [6, 6.07) is 9.76. The molecular weight excluding hydrogens is 384 g/mol. The monoisotopic (exact) mass is 394 g/mol. The van der Waals surface area contributed by atoms with Crippen LogP contribution in [0.4, 0.5) is 11.4 Å². The molecule has 2 aromatic carbocycles. The molecule has 9 heteroatoms. The summed E-state index contributed by atoms with van der Waals surface area (Å²) in [6.07, 6.45) is 0. The normalized spacial score (nSPS) is 10.0. The van der Waals surface area contributed by atoms with Gasteiger partial charge in [0.25, 0.3) is 11.6 Å². The quantitative estimate of drug-likeness (QED) is 0.457. The number of halogens is 1. The summed E-state index contributed by atoms with van der Waals surface area (Å²) >= 11 is 3.15. The van der Waals surface area contributed by atoms with Gasteiger partial charge in [0.1, 0.15) is 17.0 Å². The standard InChI is InChI=1S/C15H11BrN2O6/c16-9-5-6-13(19)10(7-9)15(21)24-8-14(20)17-11-3-1-2-4-12(11)18(22)23/h1-7,19H,8H2,(H,17,20). The molecule has 0 heterocycles. The minimum Gasteiger partial charge on any atom is -0.507 e. The van der Waals surface area contributed by atoms with Crippen LogP contribution >= 0.6 is 15.9 Å². The third-order valence-corrected chi connectivity index (χ3v) is 3.38. The predicted molar refractivity (Wildman–Crippen MR) is 87.8 cm³/mol. The molecule has 0 aliphatic carbocycles. The second kappa shape index (κ2) is 7.55. The van der Waals surface area contributed by atoms with E-state index in [1.165, 1.54) is 42.5 Å². The second-order valence-electron chi connectivity index (χ2n) is 4.56. The molecule has 2 aromatic rings. The number of hydrogen-bond acceptors (Lipinski definition) is 6. The van der Waals surface area contributed by atoms with E-state index in [2.05, 4.69) is 21.2 Å². The van der Waals surface area contributed by atoms with Gasteiger partial charge in [-0.2, -0.15) is 0 Å². The molecule has 2 rings (SSSR count). The van der Waals surface area contributed by atoms with Crippen molar-refractivity contribution in [1.29, 1.82) is 0 Å². The first-order valence-corrected chi connectivity index (χ1v) is 7.36. The summed E-state index contributed by atoms with van der Waals surface area (Å²) in [6.45, 7) is -0.656. The first-order chi connectivity index (χ1) is 11.4. The number of nitrogens with zero attached hydrogens (tertiary/aromatic N) is 1. The van der Waals surface area contributed by atoms with E-state index in [1.54, 1.807) is 0 Å². The van der Waals surface area contributed by atoms with Crippen LogP contribution in [-0.4, -0.2) is 28.5 Å². The molecule has 8 nitrogen and oxygen atoms in total. The molecule has 124 valence electrons. The van der Waals surface area contributed by atoms with E-state index in [1.807, 2.05) is 0 Å². The number of ether oxygens (including phenoxy) is 1. The topological polar surface area (TPSA) is 119 Å². The van der Waals surface area contributed by atoms with Crippen LogP contribution in [0.3, 0.4) is 0 Å². The Morgan fingerprint density at radius 2 is 1.96 bits per heavy atom. The van der Waals surface area contributed by atoms with Crippen LogP contribution in [0, 0.1) is 10.1 Å². The fourth-order valence-electron chi connectivity index (χ4n) is 1.81. The second-order valence-corrected chi connectivity index (χ2v) is 5.48. The molecule has 0 fully saturated rings. The highest BCUT2D eigenvalue weighted by atomic mass is 79.9. The predicted octanol–water partition coefficient (Wildman–Crippen LogP) is 2.86. The lowest BCUT2D eigenvalue weighted by molar-refractivity contribution is -0.383. The highest BCUT2D eigenvalue weighted by Crippen LogP contribution is 2.24. The van der Waals surface area contributed by atoms with Gasteiger partial charge in [-0.1, -0.05) is 28.1 Å². The van der Waals surface area contributed by atoms with Crippen molar-refractivity contribution in [2.45, 2.75) is 0 Å². The summed E-state index contributed by atoms with van der Waals surface area (Å²) in [7, 11) is 0. The van der Waals surface area contributed by atoms with E-state index in [-0.39, 0.29) is 22.7 Å². The zero-order chi connectivity index (χ0) is 17.7. The molecule has 0 saturated heterocycles. The summed E-state index contributed by atoms with van der Waals surface area (Å²) < 4.78 is 5.35. The third kappa shape index (κ3) is 4.29. The largest absolute Gasteiger partial charge is 0.507 e. The summed E-state index contributed by atoms with van der Waals surface area (Å²) in [5.74, 6) is -1.93. The van der Waals surface area contributed by atoms with E-state index in [0.717, 1.165) is 0 Å². The average molecular weight is 395 g/mol. The molecule has 0 bridgehead atoms. The molecular formula is C15H11BrN2O6. The Morgan fingerprint density at radius 3 is 2.67 bits per heavy atom. The number of nitro benzene ring substituents is 1. The highest BCUT2D eigenvalue weighted by molar-refractivity contribution is 9.10. The number of aromatic hydroxyl groups is 1. The van der Waals surface area contributed by atoms with Gasteiger partial charge in [-0.25, -0.2) is 4.79 Å². The van der Waals surface area contributed by atoms with Crippen LogP contribution in [0.1, 0.15) is 10.4 Å². The molecule has 2 N–H and O–H groups in total. The molecule has 0 spiro atoms. The minimum atomic E-state index is -0.897. The number of nitro groups is 1. The van der Waals surface area contributed by atoms with Crippen molar-refractivity contribution in [1.82, 2.24) is 0 Å². The van der Waals surface area contributed by atoms with Crippen molar-refractivity contribution in [3.63, 3.8) is 0 Å². The fourth-order valence-corrected chi connectivity index (χ4v) is 2.17. The van der Waals surface area contributed by atoms with Gasteiger partial charge in [-0.15, -0.1) is 0 Å². The van der Waals surface area contributed by atoms with Crippen molar-refractivity contribution in [3.05, 3.63) is 62.6 Å². The smallest absolute Gasteiger partial charge is 0.342 e. The summed E-state index contributed by atoms with van der Waals surface area (Å²) in [5.41, 5.74) is -0.390. The van der Waals surface area contributed by atoms with Crippen LogP contribution in [0.15, 0.2) is 46.9 Å². The lowest BCUT2D eigenvalue weighted by Crippen LogP contribution is -2.21. The number of carbonyl (C=O) groups is 2. The van der Waals surface area contributed by atoms with Gasteiger partial charge in [0.15, 0.2) is 6.61 Å². The Labute approximate surface area is 144 Å². The van der Waals surface area contributed by atoms with E-state index < -0.39 is 23.4 Å². The molecule has 0 saturated carbocycles. The van der Waals surface area contributed by atoms with Crippen molar-refractivity contribution in [2.24, 2.45) is 0 Å². The van der Waals surface area contributed by atoms with Crippen molar-refractivity contribution in [3.8, 4) is 5.75 Å². The van der Waals surface area contributed by atoms with Crippen LogP contribution in [-0.2, 0) is 9.53 Å². The van der Waals surface area contributed by atoms with Crippen LogP contribution < -0.4 is 5.32 Å². The van der Waals surface area contributed by atoms with Gasteiger partial charge in [0, 0.05) is 10.5 Å². The number of amides is 1. The highest BCUT2D eigenvalue weighted by Gasteiger charge is 2.17. The zero-order valence-electron chi connectivity index (χ0n) is 12.1. The first-order valence-electron chi connectivity index (χ1n) is 6.57. The first kappa shape index (κ1) is 17.4. The van der Waals surface area contributed by atoms with Crippen molar-refractivity contribution in [2.75, 3.05) is 11.9 Å². The van der Waals surface area contributed by atoms with Crippen LogP contribution in [0.2, 0.25) is 0 Å². The number of phenols is 1. The molecule has 1 amide bonds. The SMILES string of the molecule is O=C(COC(=O)c1cc(Br)ccc1O)Nc1ccccc1[N+](=O)[O-]. The van der Waals surface area contributed by atoms with Gasteiger partial charge in [-0.3, -0.25) is 14.9 Å². The number of phenolic OH excluding ortho intramolecular Hbond substituents is 1. The fraction of sp³-hybridized carbons (Fsp3) is 0.0667. The molecule has 0 aliphatic heterocycles. The van der Waals surface area contributed by atoms with E-state index >= 15 is 0 Å². The van der Waals surface area contributed by atoms with Crippen molar-refractivity contribution >= 4 is 39.2 Å². The number of anilines is 1. The van der Waals surface area contributed by atoms with Crippen LogP contribution in [0.5, 0.6) is 5.75 Å². The Balaban J connectivity index is 2.00. The van der Waals surface area contributed by atoms with Gasteiger partial charge >= 0.3 is 5.97 Å². The average Bonchev–Trinajstić information content (AvgIpc) is 2.55. The number of benzene rings is 2. The molecule has 24 heavy (non-hydrogen) atoms. The number of esters is 1. The lowest BCUT2D eigenvalue weighted by atomic mass is 10.2. The molecule has 0 radical (unpaired) electrons. The van der Waals surface area contributed by atoms with Gasteiger partial charge in [0.2, 0.25) is 0 Å². The number of hydrogen-bond donors (Lipinski definition) is 2. The maximum absolute atomic E-state index is 11.9. The molecule has 0 atom stereocenters. The minimum absolute atomic E-state index is 0.00569. The maximum Gasteiger partial charge on any atom is 0.342 e. The molecule has 0 aromatic heterocycles.